The molecule has 2 heterocycles. The zero-order valence-corrected chi connectivity index (χ0v) is 32.9. The maximum atomic E-state index is 12.0. The number of aliphatic carboxylic acids is 1. The molecule has 0 amide bonds. The highest BCUT2D eigenvalue weighted by Crippen LogP contribution is 2.48. The fourth-order valence-corrected chi connectivity index (χ4v) is 6.96. The number of nitrogens with zero attached hydrogens (tertiary/aromatic N) is 2. The van der Waals surface area contributed by atoms with E-state index in [1.54, 1.807) is 26.4 Å². The Kier molecular flexibility index (Phi) is 14.2. The Morgan fingerprint density at radius 3 is 2.25 bits per heavy atom. The van der Waals surface area contributed by atoms with Crippen LogP contribution in [0.4, 0.5) is 5.69 Å². The van der Waals surface area contributed by atoms with Gasteiger partial charge in [-0.25, -0.2) is 4.58 Å². The molecule has 0 radical (unpaired) electrons. The molecule has 0 unspecified atom stereocenters. The SMILES string of the molecule is COCC[N+](CCOC)=c1ccc2c(/C=C/C=C/C=C/C=C3/N(CCCCCC(=O)O)c4ccc(S(=O)(=O)O)cc4C3(C)C)cc(C(C)(C)C)oc-2c1. The van der Waals surface area contributed by atoms with E-state index in [1.165, 1.54) is 6.07 Å². The van der Waals surface area contributed by atoms with Crippen LogP contribution in [0, 0.1) is 0 Å². The van der Waals surface area contributed by atoms with Crippen molar-refractivity contribution in [2.24, 2.45) is 0 Å². The van der Waals surface area contributed by atoms with E-state index >= 15 is 0 Å². The minimum Gasteiger partial charge on any atom is -0.481 e. The van der Waals surface area contributed by atoms with Crippen LogP contribution in [-0.4, -0.2) is 71.1 Å². The van der Waals surface area contributed by atoms with Gasteiger partial charge in [-0.15, -0.1) is 0 Å². The van der Waals surface area contributed by atoms with E-state index in [9.17, 15) is 17.8 Å². The average Bonchev–Trinajstić information content (AvgIpc) is 3.30. The molecule has 4 rings (SSSR count). The summed E-state index contributed by atoms with van der Waals surface area (Å²) in [4.78, 5) is 13.0. The van der Waals surface area contributed by atoms with Gasteiger partial charge in [0.15, 0.2) is 13.1 Å². The number of carboxylic acids is 1. The zero-order chi connectivity index (χ0) is 38.8. The van der Waals surface area contributed by atoms with E-state index < -0.39 is 21.5 Å². The van der Waals surface area contributed by atoms with Crippen molar-refractivity contribution >= 4 is 27.9 Å². The fraction of sp³-hybridized carbons (Fsp3) is 0.429. The van der Waals surface area contributed by atoms with Crippen LogP contribution in [0.5, 0.6) is 0 Å². The third-order valence-corrected chi connectivity index (χ3v) is 10.3. The van der Waals surface area contributed by atoms with E-state index in [0.717, 1.165) is 70.9 Å². The fourth-order valence-electron chi connectivity index (χ4n) is 6.46. The summed E-state index contributed by atoms with van der Waals surface area (Å²) in [6, 6.07) is 13.1. The molecular formula is C42H55N2O8S+. The molecule has 0 aromatic heterocycles. The first-order valence-electron chi connectivity index (χ1n) is 18.1. The van der Waals surface area contributed by atoms with Crippen molar-refractivity contribution in [3.8, 4) is 11.3 Å². The second-order valence-corrected chi connectivity index (χ2v) is 16.2. The van der Waals surface area contributed by atoms with E-state index in [2.05, 4.69) is 60.6 Å². The van der Waals surface area contributed by atoms with Gasteiger partial charge in [-0.2, -0.15) is 8.42 Å². The molecule has 0 fully saturated rings. The third kappa shape index (κ3) is 10.9. The molecule has 3 aliphatic rings. The second kappa shape index (κ2) is 18.2. The molecule has 10 nitrogen and oxygen atoms in total. The average molecular weight is 748 g/mol. The monoisotopic (exact) mass is 747 g/mol. The van der Waals surface area contributed by atoms with Gasteiger partial charge in [-0.1, -0.05) is 77.5 Å². The number of carbonyl (C=O) groups is 1. The maximum Gasteiger partial charge on any atom is 0.303 e. The summed E-state index contributed by atoms with van der Waals surface area (Å²) < 4.78 is 53.0. The molecular weight excluding hydrogens is 693 g/mol. The summed E-state index contributed by atoms with van der Waals surface area (Å²) in [6.07, 6.45) is 16.2. The lowest BCUT2D eigenvalue weighted by atomic mass is 9.83. The number of allylic oxidation sites excluding steroid dienone is 7. The number of hydrogen-bond donors (Lipinski definition) is 2. The second-order valence-electron chi connectivity index (χ2n) is 14.8. The highest BCUT2D eigenvalue weighted by Gasteiger charge is 2.40. The van der Waals surface area contributed by atoms with Gasteiger partial charge in [0.2, 0.25) is 5.36 Å². The Balaban J connectivity index is 1.60. The molecule has 0 saturated carbocycles. The number of anilines is 1. The minimum atomic E-state index is -4.36. The Labute approximate surface area is 314 Å². The van der Waals surface area contributed by atoms with Gasteiger partial charge < -0.3 is 23.9 Å². The van der Waals surface area contributed by atoms with Crippen molar-refractivity contribution in [3.63, 3.8) is 0 Å². The van der Waals surface area contributed by atoms with E-state index in [1.807, 2.05) is 50.3 Å². The molecule has 1 aromatic rings. The number of carboxylic acid groups (broad SMARTS) is 1. The number of hydrogen-bond acceptors (Lipinski definition) is 7. The molecule has 0 spiro atoms. The van der Waals surface area contributed by atoms with E-state index in [0.29, 0.717) is 26.2 Å². The summed E-state index contributed by atoms with van der Waals surface area (Å²) in [7, 11) is -0.963. The Hall–Kier alpha value is -4.29. The number of rotatable bonds is 17. The van der Waals surface area contributed by atoms with Crippen LogP contribution in [0.25, 0.3) is 17.4 Å². The lowest BCUT2D eigenvalue weighted by Crippen LogP contribution is -2.35. The normalized spacial score (nSPS) is 15.5. The van der Waals surface area contributed by atoms with Crippen molar-refractivity contribution in [1.29, 1.82) is 0 Å². The summed E-state index contributed by atoms with van der Waals surface area (Å²) in [5, 5.41) is 10.1. The molecule has 0 bridgehead atoms. The van der Waals surface area contributed by atoms with Crippen LogP contribution < -0.4 is 14.8 Å². The first-order chi connectivity index (χ1) is 25.1. The van der Waals surface area contributed by atoms with E-state index in [-0.39, 0.29) is 16.7 Å². The largest absolute Gasteiger partial charge is 0.481 e. The van der Waals surface area contributed by atoms with Gasteiger partial charge in [-0.05, 0) is 60.4 Å². The number of methoxy groups -OCH3 is 2. The van der Waals surface area contributed by atoms with Crippen LogP contribution in [0.1, 0.15) is 77.2 Å². The first kappa shape index (κ1) is 41.5. The number of unbranched alkanes of at least 4 members (excludes halogenated alkanes) is 2. The van der Waals surface area contributed by atoms with Crippen molar-refractivity contribution in [2.45, 2.75) is 76.0 Å². The van der Waals surface area contributed by atoms with Crippen LogP contribution in [0.3, 0.4) is 0 Å². The number of ether oxygens (including phenoxy) is 2. The number of fused-ring (bicyclic) bond motifs is 2. The van der Waals surface area contributed by atoms with Crippen LogP contribution in [0.2, 0.25) is 0 Å². The van der Waals surface area contributed by atoms with Crippen molar-refractivity contribution in [3.05, 3.63) is 107 Å². The van der Waals surface area contributed by atoms with Gasteiger partial charge >= 0.3 is 5.97 Å². The van der Waals surface area contributed by atoms with Gasteiger partial charge in [0, 0.05) is 61.0 Å². The molecule has 11 heteroatoms. The maximum absolute atomic E-state index is 12.0. The highest BCUT2D eigenvalue weighted by molar-refractivity contribution is 7.85. The van der Waals surface area contributed by atoms with Crippen molar-refractivity contribution in [2.75, 3.05) is 52.0 Å². The zero-order valence-electron chi connectivity index (χ0n) is 32.1. The predicted molar refractivity (Wildman–Crippen MR) is 211 cm³/mol. The van der Waals surface area contributed by atoms with Gasteiger partial charge in [-0.3, -0.25) is 9.35 Å². The Morgan fingerprint density at radius 2 is 1.60 bits per heavy atom. The molecule has 286 valence electrons. The Bertz CT molecular complexity index is 2000. The minimum absolute atomic E-state index is 0.129. The molecule has 0 saturated heterocycles. The third-order valence-electron chi connectivity index (χ3n) is 9.43. The van der Waals surface area contributed by atoms with Crippen molar-refractivity contribution < 1.29 is 36.8 Å². The topological polar surface area (TPSA) is 130 Å². The summed E-state index contributed by atoms with van der Waals surface area (Å²) >= 11 is 0. The highest BCUT2D eigenvalue weighted by atomic mass is 32.2. The molecule has 0 atom stereocenters. The molecule has 1 aliphatic carbocycles. The lowest BCUT2D eigenvalue weighted by molar-refractivity contribution is -0.137. The van der Waals surface area contributed by atoms with Crippen LogP contribution in [0.15, 0.2) is 93.9 Å². The first-order valence-corrected chi connectivity index (χ1v) is 19.5. The Morgan fingerprint density at radius 1 is 0.925 bits per heavy atom. The molecule has 2 N–H and O–H groups in total. The summed E-state index contributed by atoms with van der Waals surface area (Å²) in [5.74, 6) is 0.882. The number of benzene rings is 2. The lowest BCUT2D eigenvalue weighted by Gasteiger charge is -2.27. The van der Waals surface area contributed by atoms with Gasteiger partial charge in [0.1, 0.15) is 24.7 Å². The smallest absolute Gasteiger partial charge is 0.303 e. The van der Waals surface area contributed by atoms with Crippen LogP contribution in [-0.2, 0) is 35.2 Å². The predicted octanol–water partition coefficient (Wildman–Crippen LogP) is 7.45. The molecule has 2 aliphatic heterocycles. The summed E-state index contributed by atoms with van der Waals surface area (Å²) in [6.45, 7) is 13.8. The van der Waals surface area contributed by atoms with Gasteiger partial charge in [0.25, 0.3) is 10.1 Å². The molecule has 1 aromatic carbocycles. The quantitative estimate of drug-likeness (QED) is 0.0626. The van der Waals surface area contributed by atoms with Crippen LogP contribution >= 0.6 is 0 Å². The van der Waals surface area contributed by atoms with Gasteiger partial charge in [0.05, 0.1) is 11.0 Å². The summed E-state index contributed by atoms with van der Waals surface area (Å²) in [5.41, 5.74) is 3.98. The standard InChI is InChI=1S/C42H54N2O8S/c1-41(2,3)39-28-31(34-21-19-32(29-37(34)52-39)43(24-26-50-6)25-27-51-7)16-12-9-8-10-13-17-38-42(4,5)35-30-33(53(47,48)49)20-22-36(35)44(38)23-15-11-14-18-40(45)46/h8-10,12-13,16-17,19-22,28-30H,11,14-15,18,23-27H2,1-7H3,(H-,45,46,47,48,49)/p+1. The van der Waals surface area contributed by atoms with Crippen molar-refractivity contribution in [1.82, 2.24) is 4.58 Å². The van der Waals surface area contributed by atoms with E-state index in [4.69, 9.17) is 19.0 Å². The molecule has 53 heavy (non-hydrogen) atoms.